The molecule has 1 saturated carbocycles. The monoisotopic (exact) mass is 335 g/mol. The fourth-order valence-electron chi connectivity index (χ4n) is 3.83. The second kappa shape index (κ2) is 7.32. The maximum atomic E-state index is 12.4. The minimum Gasteiger partial charge on any atom is -0.481 e. The number of carboxylic acids is 1. The van der Waals surface area contributed by atoms with Crippen LogP contribution in [0.3, 0.4) is 0 Å². The van der Waals surface area contributed by atoms with E-state index in [4.69, 9.17) is 4.52 Å². The number of amides is 1. The normalized spacial score (nSPS) is 25.1. The molecule has 0 radical (unpaired) electrons. The van der Waals surface area contributed by atoms with Crippen LogP contribution < -0.4 is 0 Å². The molecule has 7 heteroatoms. The van der Waals surface area contributed by atoms with Gasteiger partial charge in [0.2, 0.25) is 11.8 Å². The van der Waals surface area contributed by atoms with E-state index in [-0.39, 0.29) is 18.2 Å². The molecule has 1 saturated heterocycles. The Kier molecular flexibility index (Phi) is 5.16. The molecule has 1 aliphatic heterocycles. The Morgan fingerprint density at radius 3 is 2.75 bits per heavy atom. The summed E-state index contributed by atoms with van der Waals surface area (Å²) in [5.41, 5.74) is 0. The van der Waals surface area contributed by atoms with Crippen LogP contribution in [0.15, 0.2) is 4.52 Å². The van der Waals surface area contributed by atoms with Gasteiger partial charge in [-0.3, -0.25) is 9.59 Å². The van der Waals surface area contributed by atoms with Crippen molar-refractivity contribution in [2.45, 2.75) is 57.8 Å². The van der Waals surface area contributed by atoms with Crippen LogP contribution in [-0.4, -0.2) is 45.1 Å². The summed E-state index contributed by atoms with van der Waals surface area (Å²) < 4.78 is 5.27. The summed E-state index contributed by atoms with van der Waals surface area (Å²) in [5.74, 6) is 0.567. The van der Waals surface area contributed by atoms with Crippen LogP contribution in [-0.2, 0) is 16.0 Å². The predicted molar refractivity (Wildman–Crippen MR) is 85.3 cm³/mol. The molecule has 2 heterocycles. The highest BCUT2D eigenvalue weighted by atomic mass is 16.5. The molecule has 132 valence electrons. The first-order valence-electron chi connectivity index (χ1n) is 8.86. The Hall–Kier alpha value is -1.92. The molecule has 0 bridgehead atoms. The van der Waals surface area contributed by atoms with Crippen LogP contribution >= 0.6 is 0 Å². The van der Waals surface area contributed by atoms with Gasteiger partial charge in [0, 0.05) is 31.8 Å². The van der Waals surface area contributed by atoms with Gasteiger partial charge in [0.05, 0.1) is 5.92 Å². The molecule has 2 aliphatic rings. The van der Waals surface area contributed by atoms with Crippen molar-refractivity contribution < 1.29 is 19.2 Å². The average Bonchev–Trinajstić information content (AvgIpc) is 3.23. The SMILES string of the molecule is CC1CC(C(=O)O)CN(C(=O)CCc2nc(C3CCCC3)no2)C1. The number of aryl methyl sites for hydroxylation is 1. The summed E-state index contributed by atoms with van der Waals surface area (Å²) in [4.78, 5) is 29.7. The summed E-state index contributed by atoms with van der Waals surface area (Å²) in [6.45, 7) is 2.91. The molecule has 7 nitrogen and oxygen atoms in total. The van der Waals surface area contributed by atoms with Crippen molar-refractivity contribution in [3.05, 3.63) is 11.7 Å². The zero-order chi connectivity index (χ0) is 17.1. The number of hydrogen-bond donors (Lipinski definition) is 1. The molecule has 1 aromatic heterocycles. The number of piperidine rings is 1. The largest absolute Gasteiger partial charge is 0.481 e. The van der Waals surface area contributed by atoms with Crippen molar-refractivity contribution in [1.29, 1.82) is 0 Å². The highest BCUT2D eigenvalue weighted by Gasteiger charge is 2.31. The van der Waals surface area contributed by atoms with Gasteiger partial charge < -0.3 is 14.5 Å². The van der Waals surface area contributed by atoms with Crippen molar-refractivity contribution >= 4 is 11.9 Å². The van der Waals surface area contributed by atoms with Crippen LogP contribution in [0.2, 0.25) is 0 Å². The van der Waals surface area contributed by atoms with Gasteiger partial charge in [-0.2, -0.15) is 4.98 Å². The Bertz CT molecular complexity index is 594. The van der Waals surface area contributed by atoms with Crippen LogP contribution in [0.5, 0.6) is 0 Å². The van der Waals surface area contributed by atoms with E-state index >= 15 is 0 Å². The number of aliphatic carboxylic acids is 1. The third-order valence-electron chi connectivity index (χ3n) is 5.12. The van der Waals surface area contributed by atoms with Gasteiger partial charge in [-0.05, 0) is 25.2 Å². The molecule has 0 spiro atoms. The molecule has 3 rings (SSSR count). The van der Waals surface area contributed by atoms with Crippen molar-refractivity contribution in [1.82, 2.24) is 15.0 Å². The molecule has 0 aromatic carbocycles. The molecular weight excluding hydrogens is 310 g/mol. The molecule has 2 atom stereocenters. The Morgan fingerprint density at radius 2 is 2.04 bits per heavy atom. The molecular formula is C17H25N3O4. The van der Waals surface area contributed by atoms with E-state index in [1.165, 1.54) is 12.8 Å². The summed E-state index contributed by atoms with van der Waals surface area (Å²) in [6, 6.07) is 0. The van der Waals surface area contributed by atoms with Gasteiger partial charge >= 0.3 is 5.97 Å². The van der Waals surface area contributed by atoms with E-state index in [2.05, 4.69) is 10.1 Å². The predicted octanol–water partition coefficient (Wildman–Crippen LogP) is 2.23. The number of hydrogen-bond acceptors (Lipinski definition) is 5. The number of carbonyl (C=O) groups is 2. The smallest absolute Gasteiger partial charge is 0.308 e. The summed E-state index contributed by atoms with van der Waals surface area (Å²) in [5, 5.41) is 13.2. The maximum Gasteiger partial charge on any atom is 0.308 e. The van der Waals surface area contributed by atoms with E-state index < -0.39 is 11.9 Å². The lowest BCUT2D eigenvalue weighted by atomic mass is 9.90. The zero-order valence-electron chi connectivity index (χ0n) is 14.1. The minimum atomic E-state index is -0.822. The molecule has 1 aromatic rings. The molecule has 1 N–H and O–H groups in total. The highest BCUT2D eigenvalue weighted by molar-refractivity contribution is 5.78. The minimum absolute atomic E-state index is 0.0339. The van der Waals surface area contributed by atoms with Crippen molar-refractivity contribution in [2.75, 3.05) is 13.1 Å². The lowest BCUT2D eigenvalue weighted by Gasteiger charge is -2.34. The topological polar surface area (TPSA) is 96.5 Å². The second-order valence-electron chi connectivity index (χ2n) is 7.20. The summed E-state index contributed by atoms with van der Waals surface area (Å²) in [7, 11) is 0. The van der Waals surface area contributed by atoms with E-state index in [0.717, 1.165) is 18.7 Å². The van der Waals surface area contributed by atoms with Gasteiger partial charge in [-0.1, -0.05) is 24.9 Å². The zero-order valence-corrected chi connectivity index (χ0v) is 14.1. The van der Waals surface area contributed by atoms with E-state index in [1.807, 2.05) is 6.92 Å². The van der Waals surface area contributed by atoms with E-state index in [0.29, 0.717) is 37.7 Å². The standard InChI is InChI=1S/C17H25N3O4/c1-11-8-13(17(22)23)10-20(9-11)15(21)7-6-14-18-16(19-24-14)12-4-2-3-5-12/h11-13H,2-10H2,1H3,(H,22,23). The van der Waals surface area contributed by atoms with Crippen molar-refractivity contribution in [2.24, 2.45) is 11.8 Å². The second-order valence-corrected chi connectivity index (χ2v) is 7.20. The first-order valence-corrected chi connectivity index (χ1v) is 8.86. The third-order valence-corrected chi connectivity index (χ3v) is 5.12. The van der Waals surface area contributed by atoms with Gasteiger partial charge in [0.25, 0.3) is 0 Å². The lowest BCUT2D eigenvalue weighted by molar-refractivity contribution is -0.146. The molecule has 24 heavy (non-hydrogen) atoms. The van der Waals surface area contributed by atoms with Gasteiger partial charge in [-0.25, -0.2) is 0 Å². The van der Waals surface area contributed by atoms with Crippen molar-refractivity contribution in [3.63, 3.8) is 0 Å². The van der Waals surface area contributed by atoms with E-state index in [1.54, 1.807) is 4.90 Å². The molecule has 1 amide bonds. The Labute approximate surface area is 141 Å². The van der Waals surface area contributed by atoms with Crippen LogP contribution in [0.25, 0.3) is 0 Å². The van der Waals surface area contributed by atoms with Gasteiger partial charge in [-0.15, -0.1) is 0 Å². The molecule has 2 unspecified atom stereocenters. The number of aromatic nitrogens is 2. The van der Waals surface area contributed by atoms with Crippen molar-refractivity contribution in [3.8, 4) is 0 Å². The average molecular weight is 335 g/mol. The quantitative estimate of drug-likeness (QED) is 0.886. The fraction of sp³-hybridized carbons (Fsp3) is 0.765. The van der Waals surface area contributed by atoms with E-state index in [9.17, 15) is 14.7 Å². The number of likely N-dealkylation sites (tertiary alicyclic amines) is 1. The van der Waals surface area contributed by atoms with Gasteiger partial charge in [0.1, 0.15) is 0 Å². The number of carboxylic acid groups (broad SMARTS) is 1. The number of rotatable bonds is 5. The fourth-order valence-corrected chi connectivity index (χ4v) is 3.83. The number of carbonyl (C=O) groups excluding carboxylic acids is 1. The van der Waals surface area contributed by atoms with Crippen LogP contribution in [0.1, 0.15) is 63.1 Å². The van der Waals surface area contributed by atoms with Crippen LogP contribution in [0, 0.1) is 11.8 Å². The third kappa shape index (κ3) is 3.94. The highest BCUT2D eigenvalue weighted by Crippen LogP contribution is 2.32. The van der Waals surface area contributed by atoms with Crippen LogP contribution in [0.4, 0.5) is 0 Å². The van der Waals surface area contributed by atoms with Gasteiger partial charge in [0.15, 0.2) is 5.82 Å². The first-order chi connectivity index (χ1) is 11.5. The first kappa shape index (κ1) is 16.9. The molecule has 1 aliphatic carbocycles. The summed E-state index contributed by atoms with van der Waals surface area (Å²) >= 11 is 0. The Balaban J connectivity index is 1.52. The number of nitrogens with zero attached hydrogens (tertiary/aromatic N) is 3. The maximum absolute atomic E-state index is 12.4. The Morgan fingerprint density at radius 1 is 1.29 bits per heavy atom. The molecule has 2 fully saturated rings. The summed E-state index contributed by atoms with van der Waals surface area (Å²) in [6.07, 6.45) is 5.98. The lowest BCUT2D eigenvalue weighted by Crippen LogP contribution is -2.45.